The van der Waals surface area contributed by atoms with Gasteiger partial charge < -0.3 is 10.5 Å². The number of nitrogens with two attached hydrogens (primary N) is 1. The molecule has 0 amide bonds. The Morgan fingerprint density at radius 2 is 2.30 bits per heavy atom. The van der Waals surface area contributed by atoms with Crippen LogP contribution in [0.3, 0.4) is 0 Å². The summed E-state index contributed by atoms with van der Waals surface area (Å²) in [5, 5.41) is 0. The second kappa shape index (κ2) is 7.12. The van der Waals surface area contributed by atoms with Crippen LogP contribution in [0.2, 0.25) is 0 Å². The maximum Gasteiger partial charge on any atom is 0.242 e. The summed E-state index contributed by atoms with van der Waals surface area (Å²) in [6.07, 6.45) is 5.64. The molecule has 0 aromatic carbocycles. The van der Waals surface area contributed by atoms with E-state index in [1.807, 2.05) is 0 Å². The van der Waals surface area contributed by atoms with Gasteiger partial charge in [-0.25, -0.2) is 13.1 Å². The maximum absolute atomic E-state index is 12.2. The van der Waals surface area contributed by atoms with Crippen LogP contribution in [-0.4, -0.2) is 32.7 Å². The molecule has 20 heavy (non-hydrogen) atoms. The van der Waals surface area contributed by atoms with Gasteiger partial charge in [-0.1, -0.05) is 0 Å². The van der Waals surface area contributed by atoms with Gasteiger partial charge in [-0.15, -0.1) is 0 Å². The van der Waals surface area contributed by atoms with E-state index in [-0.39, 0.29) is 17.5 Å². The lowest BCUT2D eigenvalue weighted by Crippen LogP contribution is -2.30. The number of hydrogen-bond donors (Lipinski definition) is 2. The number of nitrogens with zero attached hydrogens (tertiary/aromatic N) is 1. The minimum atomic E-state index is -3.55. The number of nitrogens with one attached hydrogen (secondary N) is 1. The highest BCUT2D eigenvalue weighted by molar-refractivity contribution is 7.89. The van der Waals surface area contributed by atoms with Gasteiger partial charge in [0, 0.05) is 25.9 Å². The third-order valence-electron chi connectivity index (χ3n) is 3.36. The van der Waals surface area contributed by atoms with Crippen LogP contribution in [0.15, 0.2) is 23.2 Å². The largest absolute Gasteiger partial charge is 0.378 e. The van der Waals surface area contributed by atoms with Crippen LogP contribution in [0.25, 0.3) is 0 Å². The Morgan fingerprint density at radius 3 is 3.00 bits per heavy atom. The van der Waals surface area contributed by atoms with Crippen molar-refractivity contribution in [3.05, 3.63) is 24.0 Å². The molecule has 7 heteroatoms. The lowest BCUT2D eigenvalue weighted by Gasteiger charge is -2.22. The summed E-state index contributed by atoms with van der Waals surface area (Å²) < 4.78 is 32.6. The Kier molecular flexibility index (Phi) is 5.47. The van der Waals surface area contributed by atoms with Crippen LogP contribution in [0.1, 0.15) is 31.4 Å². The van der Waals surface area contributed by atoms with Crippen molar-refractivity contribution in [2.75, 3.05) is 13.2 Å². The average Bonchev–Trinajstić information content (AvgIpc) is 2.48. The zero-order valence-corrected chi connectivity index (χ0v) is 12.2. The molecule has 1 atom stereocenters. The summed E-state index contributed by atoms with van der Waals surface area (Å²) in [6.45, 7) is 1.24. The molecule has 6 nitrogen and oxygen atoms in total. The molecule has 0 bridgehead atoms. The van der Waals surface area contributed by atoms with Gasteiger partial charge >= 0.3 is 0 Å². The van der Waals surface area contributed by atoms with E-state index in [4.69, 9.17) is 10.5 Å². The maximum atomic E-state index is 12.2. The first-order valence-corrected chi connectivity index (χ1v) is 8.37. The van der Waals surface area contributed by atoms with E-state index in [1.54, 1.807) is 6.07 Å². The Balaban J connectivity index is 1.93. The van der Waals surface area contributed by atoms with Crippen molar-refractivity contribution >= 4 is 10.0 Å². The van der Waals surface area contributed by atoms with Gasteiger partial charge in [-0.2, -0.15) is 0 Å². The van der Waals surface area contributed by atoms with Gasteiger partial charge in [0.15, 0.2) is 0 Å². The van der Waals surface area contributed by atoms with E-state index >= 15 is 0 Å². The SMILES string of the molecule is NCc1ncccc1S(=O)(=O)NCCC1CCCCO1. The van der Waals surface area contributed by atoms with Gasteiger partial charge in [0.25, 0.3) is 0 Å². The molecule has 2 rings (SSSR count). The fraction of sp³-hybridized carbons (Fsp3) is 0.615. The molecule has 1 aliphatic heterocycles. The summed E-state index contributed by atoms with van der Waals surface area (Å²) in [4.78, 5) is 4.15. The molecule has 1 aliphatic rings. The van der Waals surface area contributed by atoms with E-state index in [1.165, 1.54) is 12.3 Å². The Morgan fingerprint density at radius 1 is 1.45 bits per heavy atom. The van der Waals surface area contributed by atoms with Crippen molar-refractivity contribution in [2.24, 2.45) is 5.73 Å². The third-order valence-corrected chi connectivity index (χ3v) is 4.90. The first-order chi connectivity index (χ1) is 9.63. The number of ether oxygens (including phenoxy) is 1. The highest BCUT2D eigenvalue weighted by Gasteiger charge is 2.19. The van der Waals surface area contributed by atoms with Gasteiger partial charge in [-0.05, 0) is 37.8 Å². The fourth-order valence-electron chi connectivity index (χ4n) is 2.29. The monoisotopic (exact) mass is 299 g/mol. The predicted octanol–water partition coefficient (Wildman–Crippen LogP) is 0.778. The molecule has 3 N–H and O–H groups in total. The zero-order chi connectivity index (χ0) is 14.4. The summed E-state index contributed by atoms with van der Waals surface area (Å²) in [7, 11) is -3.55. The predicted molar refractivity (Wildman–Crippen MR) is 75.5 cm³/mol. The minimum absolute atomic E-state index is 0.100. The van der Waals surface area contributed by atoms with Gasteiger partial charge in [-0.3, -0.25) is 4.98 Å². The van der Waals surface area contributed by atoms with Crippen molar-refractivity contribution in [2.45, 2.75) is 43.2 Å². The highest BCUT2D eigenvalue weighted by Crippen LogP contribution is 2.16. The number of aromatic nitrogens is 1. The molecule has 112 valence electrons. The van der Waals surface area contributed by atoms with Gasteiger partial charge in [0.2, 0.25) is 10.0 Å². The third kappa shape index (κ3) is 3.99. The van der Waals surface area contributed by atoms with Crippen molar-refractivity contribution in [1.29, 1.82) is 0 Å². The lowest BCUT2D eigenvalue weighted by atomic mass is 10.1. The van der Waals surface area contributed by atoms with Crippen molar-refractivity contribution in [3.63, 3.8) is 0 Å². The van der Waals surface area contributed by atoms with Crippen LogP contribution < -0.4 is 10.5 Å². The van der Waals surface area contributed by atoms with E-state index in [2.05, 4.69) is 9.71 Å². The molecule has 1 fully saturated rings. The van der Waals surface area contributed by atoms with Crippen LogP contribution in [-0.2, 0) is 21.3 Å². The van der Waals surface area contributed by atoms with E-state index in [9.17, 15) is 8.42 Å². The molecule has 1 saturated heterocycles. The average molecular weight is 299 g/mol. The first kappa shape index (κ1) is 15.4. The summed E-state index contributed by atoms with van der Waals surface area (Å²) in [5.41, 5.74) is 5.90. The molecule has 0 spiro atoms. The van der Waals surface area contributed by atoms with Gasteiger partial charge in [0.1, 0.15) is 4.90 Å². The molecule has 2 heterocycles. The van der Waals surface area contributed by atoms with Crippen LogP contribution >= 0.6 is 0 Å². The molecule has 0 radical (unpaired) electrons. The second-order valence-electron chi connectivity index (χ2n) is 4.83. The lowest BCUT2D eigenvalue weighted by molar-refractivity contribution is 0.0123. The van der Waals surface area contributed by atoms with Crippen LogP contribution in [0.5, 0.6) is 0 Å². The summed E-state index contributed by atoms with van der Waals surface area (Å²) >= 11 is 0. The van der Waals surface area contributed by atoms with Crippen molar-refractivity contribution < 1.29 is 13.2 Å². The second-order valence-corrected chi connectivity index (χ2v) is 6.56. The first-order valence-electron chi connectivity index (χ1n) is 6.88. The summed E-state index contributed by atoms with van der Waals surface area (Å²) in [5.74, 6) is 0. The standard InChI is InChI=1S/C13H21N3O3S/c14-10-12-13(5-3-7-15-12)20(17,18)16-8-6-11-4-1-2-9-19-11/h3,5,7,11,16H,1-2,4,6,8-10,14H2. The number of rotatable bonds is 6. The van der Waals surface area contributed by atoms with Gasteiger partial charge in [0.05, 0.1) is 11.8 Å². The summed E-state index contributed by atoms with van der Waals surface area (Å²) in [6, 6.07) is 3.12. The van der Waals surface area contributed by atoms with E-state index in [0.29, 0.717) is 18.7 Å². The highest BCUT2D eigenvalue weighted by atomic mass is 32.2. The molecule has 0 saturated carbocycles. The van der Waals surface area contributed by atoms with E-state index in [0.717, 1.165) is 25.9 Å². The normalized spacial score (nSPS) is 19.9. The Bertz CT molecular complexity index is 527. The van der Waals surface area contributed by atoms with Crippen molar-refractivity contribution in [1.82, 2.24) is 9.71 Å². The van der Waals surface area contributed by atoms with Crippen molar-refractivity contribution in [3.8, 4) is 0 Å². The Labute approximate surface area is 119 Å². The quantitative estimate of drug-likeness (QED) is 0.809. The molecule has 1 unspecified atom stereocenters. The van der Waals surface area contributed by atoms with Crippen LogP contribution in [0.4, 0.5) is 0 Å². The fourth-order valence-corrected chi connectivity index (χ4v) is 3.53. The molecular weight excluding hydrogens is 278 g/mol. The minimum Gasteiger partial charge on any atom is -0.378 e. The smallest absolute Gasteiger partial charge is 0.242 e. The molecule has 0 aliphatic carbocycles. The zero-order valence-electron chi connectivity index (χ0n) is 11.4. The topological polar surface area (TPSA) is 94.3 Å². The molecule has 1 aromatic rings. The number of hydrogen-bond acceptors (Lipinski definition) is 5. The number of pyridine rings is 1. The van der Waals surface area contributed by atoms with Crippen LogP contribution in [0, 0.1) is 0 Å². The van der Waals surface area contributed by atoms with E-state index < -0.39 is 10.0 Å². The Hall–Kier alpha value is -1.02. The number of sulfonamides is 1. The molecular formula is C13H21N3O3S. The molecule has 1 aromatic heterocycles.